The summed E-state index contributed by atoms with van der Waals surface area (Å²) in [7, 11) is -0.169. The van der Waals surface area contributed by atoms with Crippen molar-refractivity contribution in [2.75, 3.05) is 13.7 Å². The van der Waals surface area contributed by atoms with E-state index in [4.69, 9.17) is 13.9 Å². The van der Waals surface area contributed by atoms with Crippen molar-refractivity contribution in [2.45, 2.75) is 104 Å². The maximum absolute atomic E-state index is 13.5. The Morgan fingerprint density at radius 2 is 1.87 bits per heavy atom. The minimum Gasteiger partial charge on any atom is -0.416 e. The molecule has 2 saturated carbocycles. The topological polar surface area (TPSA) is 44.8 Å². The van der Waals surface area contributed by atoms with Gasteiger partial charge in [-0.05, 0) is 55.7 Å². The lowest BCUT2D eigenvalue weighted by molar-refractivity contribution is -0.183. The lowest BCUT2D eigenvalue weighted by Crippen LogP contribution is -2.58. The molecule has 3 aliphatic rings. The van der Waals surface area contributed by atoms with Gasteiger partial charge >= 0.3 is 0 Å². The van der Waals surface area contributed by atoms with Crippen LogP contribution in [0.25, 0.3) is 0 Å². The standard InChI is InChI=1S/C26H46O4Si/c1-11-24(6,17-29-31(9,10)23(3,4)5)16-21-25(7)18(2)12-13-19-14-15-20(27)26(19,25)22(28-8)30-21/h11,18-19,21-22H,1,12-17H2,2-10H3/t18-,19+,21?,22-,24-,25+,26?/m1/s1. The first-order chi connectivity index (χ1) is 14.2. The number of ketones is 1. The van der Waals surface area contributed by atoms with Gasteiger partial charge in [0.2, 0.25) is 0 Å². The molecule has 7 atom stereocenters. The van der Waals surface area contributed by atoms with Crippen molar-refractivity contribution in [1.82, 2.24) is 0 Å². The van der Waals surface area contributed by atoms with Gasteiger partial charge in [0.25, 0.3) is 0 Å². The molecule has 1 spiro atoms. The molecule has 5 heteroatoms. The predicted molar refractivity (Wildman–Crippen MR) is 128 cm³/mol. The van der Waals surface area contributed by atoms with Crippen LogP contribution in [0, 0.1) is 28.1 Å². The SMILES string of the molecule is C=C[C@@](C)(CO[Si](C)(C)C(C)(C)C)CC1O[C@@H](OC)C23C(=O)CC[C@@H]2CC[C@@H](C)[C@@]13C. The van der Waals surface area contributed by atoms with Gasteiger partial charge < -0.3 is 13.9 Å². The normalized spacial score (nSPS) is 40.4. The Hall–Kier alpha value is -0.493. The summed E-state index contributed by atoms with van der Waals surface area (Å²) >= 11 is 0. The second kappa shape index (κ2) is 8.07. The maximum Gasteiger partial charge on any atom is 0.192 e. The van der Waals surface area contributed by atoms with Gasteiger partial charge in [0, 0.05) is 31.0 Å². The van der Waals surface area contributed by atoms with Gasteiger partial charge in [-0.1, -0.05) is 47.6 Å². The van der Waals surface area contributed by atoms with E-state index in [-0.39, 0.29) is 22.0 Å². The quantitative estimate of drug-likeness (QED) is 0.334. The molecule has 1 heterocycles. The molecule has 1 saturated heterocycles. The van der Waals surface area contributed by atoms with E-state index < -0.39 is 20.0 Å². The van der Waals surface area contributed by atoms with Crippen molar-refractivity contribution in [3.63, 3.8) is 0 Å². The fraction of sp³-hybridized carbons (Fsp3) is 0.885. The van der Waals surface area contributed by atoms with E-state index >= 15 is 0 Å². The summed E-state index contributed by atoms with van der Waals surface area (Å²) in [6.07, 6.45) is 6.24. The third kappa shape index (κ3) is 3.62. The third-order valence-electron chi connectivity index (χ3n) is 9.94. The second-order valence-corrected chi connectivity index (χ2v) is 17.4. The van der Waals surface area contributed by atoms with E-state index in [1.165, 1.54) is 0 Å². The van der Waals surface area contributed by atoms with Gasteiger partial charge in [-0.3, -0.25) is 4.79 Å². The lowest BCUT2D eigenvalue weighted by Gasteiger charge is -2.54. The minimum absolute atomic E-state index is 0.0525. The molecule has 3 rings (SSSR count). The molecular weight excluding hydrogens is 404 g/mol. The highest BCUT2D eigenvalue weighted by atomic mass is 28.4. The average molecular weight is 451 g/mol. The zero-order chi connectivity index (χ0) is 23.5. The second-order valence-electron chi connectivity index (χ2n) is 12.6. The van der Waals surface area contributed by atoms with Gasteiger partial charge in [-0.2, -0.15) is 0 Å². The van der Waals surface area contributed by atoms with Gasteiger partial charge in [-0.15, -0.1) is 6.58 Å². The van der Waals surface area contributed by atoms with Crippen molar-refractivity contribution in [2.24, 2.45) is 28.1 Å². The molecule has 1 aliphatic heterocycles. The van der Waals surface area contributed by atoms with Crippen LogP contribution < -0.4 is 0 Å². The summed E-state index contributed by atoms with van der Waals surface area (Å²) in [6.45, 7) is 23.1. The van der Waals surface area contributed by atoms with Crippen LogP contribution in [0.4, 0.5) is 0 Å². The van der Waals surface area contributed by atoms with Crippen molar-refractivity contribution in [1.29, 1.82) is 0 Å². The lowest BCUT2D eigenvalue weighted by atomic mass is 9.47. The number of Topliss-reactive ketones (excluding diaryl/α,β-unsaturated/α-hetero) is 1. The Kier molecular flexibility index (Phi) is 6.54. The summed E-state index contributed by atoms with van der Waals surface area (Å²) in [5, 5.41) is 0.164. The van der Waals surface area contributed by atoms with Crippen molar-refractivity contribution in [3.8, 4) is 0 Å². The van der Waals surface area contributed by atoms with Gasteiger partial charge in [0.1, 0.15) is 5.78 Å². The third-order valence-corrected chi connectivity index (χ3v) is 14.4. The highest BCUT2D eigenvalue weighted by Gasteiger charge is 2.75. The highest BCUT2D eigenvalue weighted by Crippen LogP contribution is 2.70. The number of methoxy groups -OCH3 is 1. The first-order valence-corrected chi connectivity index (χ1v) is 15.1. The molecule has 0 radical (unpaired) electrons. The van der Waals surface area contributed by atoms with E-state index in [0.29, 0.717) is 30.6 Å². The molecule has 0 aromatic rings. The molecule has 0 bridgehead atoms. The average Bonchev–Trinajstić information content (AvgIpc) is 3.16. The van der Waals surface area contributed by atoms with Crippen LogP contribution in [-0.4, -0.2) is 40.2 Å². The van der Waals surface area contributed by atoms with Gasteiger partial charge in [0.05, 0.1) is 11.5 Å². The molecule has 0 aromatic heterocycles. The van der Waals surface area contributed by atoms with E-state index in [9.17, 15) is 4.79 Å². The summed E-state index contributed by atoms with van der Waals surface area (Å²) in [6, 6.07) is 0. The smallest absolute Gasteiger partial charge is 0.192 e. The first-order valence-electron chi connectivity index (χ1n) is 12.2. The summed E-state index contributed by atoms with van der Waals surface area (Å²) < 4.78 is 19.2. The van der Waals surface area contributed by atoms with Crippen molar-refractivity contribution < 1.29 is 18.7 Å². The zero-order valence-electron chi connectivity index (χ0n) is 21.5. The fourth-order valence-electron chi connectivity index (χ4n) is 6.49. The molecule has 3 fully saturated rings. The van der Waals surface area contributed by atoms with Crippen LogP contribution in [0.15, 0.2) is 12.7 Å². The largest absolute Gasteiger partial charge is 0.416 e. The molecule has 4 nitrogen and oxygen atoms in total. The maximum atomic E-state index is 13.5. The fourth-order valence-corrected chi connectivity index (χ4v) is 7.61. The van der Waals surface area contributed by atoms with Crippen molar-refractivity contribution in [3.05, 3.63) is 12.7 Å². The van der Waals surface area contributed by atoms with Crippen LogP contribution in [-0.2, 0) is 18.7 Å². The summed E-state index contributed by atoms with van der Waals surface area (Å²) in [4.78, 5) is 13.5. The number of ether oxygens (including phenoxy) is 2. The van der Waals surface area contributed by atoms with E-state index in [2.05, 4.69) is 61.2 Å². The molecule has 178 valence electrons. The monoisotopic (exact) mass is 450 g/mol. The van der Waals surface area contributed by atoms with Crippen molar-refractivity contribution >= 4 is 14.1 Å². The molecule has 2 unspecified atom stereocenters. The van der Waals surface area contributed by atoms with Crippen LogP contribution in [0.3, 0.4) is 0 Å². The zero-order valence-corrected chi connectivity index (χ0v) is 22.5. The Morgan fingerprint density at radius 1 is 1.23 bits per heavy atom. The summed E-state index contributed by atoms with van der Waals surface area (Å²) in [5.74, 6) is 1.14. The van der Waals surface area contributed by atoms with E-state index in [1.807, 2.05) is 6.08 Å². The van der Waals surface area contributed by atoms with Crippen LogP contribution in [0.2, 0.25) is 18.1 Å². The predicted octanol–water partition coefficient (Wildman–Crippen LogP) is 6.36. The van der Waals surface area contributed by atoms with Crippen LogP contribution in [0.1, 0.15) is 73.6 Å². The Bertz CT molecular complexity index is 713. The van der Waals surface area contributed by atoms with Crippen LogP contribution in [0.5, 0.6) is 0 Å². The van der Waals surface area contributed by atoms with Gasteiger partial charge in [-0.25, -0.2) is 0 Å². The first kappa shape index (κ1) is 25.1. The van der Waals surface area contributed by atoms with E-state index in [1.54, 1.807) is 7.11 Å². The summed E-state index contributed by atoms with van der Waals surface area (Å²) in [5.41, 5.74) is -0.959. The Balaban J connectivity index is 1.91. The molecular formula is C26H46O4Si. The Morgan fingerprint density at radius 3 is 2.42 bits per heavy atom. The number of rotatable bonds is 7. The molecule has 2 aliphatic carbocycles. The van der Waals surface area contributed by atoms with Crippen LogP contribution >= 0.6 is 0 Å². The van der Waals surface area contributed by atoms with E-state index in [0.717, 1.165) is 25.7 Å². The molecule has 0 amide bonds. The molecule has 0 aromatic carbocycles. The number of carbonyl (C=O) groups is 1. The molecule has 31 heavy (non-hydrogen) atoms. The number of hydrogen-bond donors (Lipinski definition) is 0. The Labute approximate surface area is 191 Å². The molecule has 0 N–H and O–H groups in total. The highest BCUT2D eigenvalue weighted by molar-refractivity contribution is 6.74. The number of carbonyl (C=O) groups excluding carboxylic acids is 1. The van der Waals surface area contributed by atoms with Gasteiger partial charge in [0.15, 0.2) is 14.6 Å². The number of hydrogen-bond acceptors (Lipinski definition) is 4. The minimum atomic E-state index is -1.87.